The van der Waals surface area contributed by atoms with Gasteiger partial charge < -0.3 is 5.73 Å². The van der Waals surface area contributed by atoms with E-state index < -0.39 is 0 Å². The summed E-state index contributed by atoms with van der Waals surface area (Å²) >= 11 is 0. The van der Waals surface area contributed by atoms with Crippen LogP contribution in [0.2, 0.25) is 0 Å². The molecule has 1 aliphatic rings. The van der Waals surface area contributed by atoms with Gasteiger partial charge in [-0.1, -0.05) is 33.6 Å². The maximum atomic E-state index is 6.13. The van der Waals surface area contributed by atoms with Crippen molar-refractivity contribution in [3.05, 3.63) is 0 Å². The van der Waals surface area contributed by atoms with Crippen LogP contribution in [0, 0.1) is 11.8 Å². The van der Waals surface area contributed by atoms with E-state index in [0.717, 1.165) is 18.4 Å². The van der Waals surface area contributed by atoms with Crippen LogP contribution in [-0.2, 0) is 0 Å². The van der Waals surface area contributed by atoms with Gasteiger partial charge in [-0.25, -0.2) is 0 Å². The van der Waals surface area contributed by atoms with Gasteiger partial charge in [0.1, 0.15) is 0 Å². The number of hydrogen-bond acceptors (Lipinski definition) is 2. The summed E-state index contributed by atoms with van der Waals surface area (Å²) in [6.07, 6.45) is 9.33. The fraction of sp³-hybridized carbons (Fsp3) is 1.00. The molecule has 0 spiro atoms. The smallest absolute Gasteiger partial charge is 0.0329 e. The lowest BCUT2D eigenvalue weighted by Gasteiger charge is -2.47. The van der Waals surface area contributed by atoms with Crippen LogP contribution in [-0.4, -0.2) is 30.6 Å². The summed E-state index contributed by atoms with van der Waals surface area (Å²) in [4.78, 5) is 2.58. The van der Waals surface area contributed by atoms with Crippen molar-refractivity contribution in [2.75, 3.05) is 20.1 Å². The molecule has 0 aromatic heterocycles. The summed E-state index contributed by atoms with van der Waals surface area (Å²) < 4.78 is 0. The van der Waals surface area contributed by atoms with Gasteiger partial charge in [-0.2, -0.15) is 0 Å². The monoisotopic (exact) mass is 254 g/mol. The van der Waals surface area contributed by atoms with Crippen LogP contribution in [0.15, 0.2) is 0 Å². The molecule has 2 nitrogen and oxygen atoms in total. The van der Waals surface area contributed by atoms with E-state index in [9.17, 15) is 0 Å². The van der Waals surface area contributed by atoms with Crippen molar-refractivity contribution in [2.45, 2.75) is 71.3 Å². The lowest BCUT2D eigenvalue weighted by molar-refractivity contribution is 0.0522. The Balaban J connectivity index is 2.53. The van der Waals surface area contributed by atoms with Gasteiger partial charge in [0.05, 0.1) is 0 Å². The highest BCUT2D eigenvalue weighted by Gasteiger charge is 2.37. The highest BCUT2D eigenvalue weighted by molar-refractivity contribution is 4.94. The normalized spacial score (nSPS) is 30.7. The van der Waals surface area contributed by atoms with Crippen LogP contribution >= 0.6 is 0 Å². The zero-order valence-corrected chi connectivity index (χ0v) is 13.0. The quantitative estimate of drug-likeness (QED) is 0.751. The third-order valence-corrected chi connectivity index (χ3v) is 5.17. The van der Waals surface area contributed by atoms with Gasteiger partial charge in [0.15, 0.2) is 0 Å². The van der Waals surface area contributed by atoms with Crippen molar-refractivity contribution in [3.63, 3.8) is 0 Å². The van der Waals surface area contributed by atoms with E-state index in [1.807, 2.05) is 0 Å². The molecule has 2 heteroatoms. The minimum absolute atomic E-state index is 0.299. The molecule has 0 saturated heterocycles. The van der Waals surface area contributed by atoms with E-state index in [1.54, 1.807) is 0 Å². The van der Waals surface area contributed by atoms with Crippen molar-refractivity contribution < 1.29 is 0 Å². The van der Waals surface area contributed by atoms with Gasteiger partial charge in [0.2, 0.25) is 0 Å². The minimum Gasteiger partial charge on any atom is -0.329 e. The molecule has 0 heterocycles. The van der Waals surface area contributed by atoms with E-state index in [0.29, 0.717) is 5.54 Å². The zero-order valence-electron chi connectivity index (χ0n) is 13.0. The summed E-state index contributed by atoms with van der Waals surface area (Å²) in [6, 6.07) is 0. The standard InChI is InChI=1S/C16H34N2/c1-5-7-14(3)12-18(4)16(13-17)10-8-15(6-2)9-11-16/h14-15H,5-13,17H2,1-4H3. The summed E-state index contributed by atoms with van der Waals surface area (Å²) in [5, 5.41) is 0. The molecule has 1 saturated carbocycles. The fourth-order valence-electron chi connectivity index (χ4n) is 3.61. The number of nitrogens with zero attached hydrogens (tertiary/aromatic N) is 1. The molecule has 0 aromatic carbocycles. The van der Waals surface area contributed by atoms with Gasteiger partial charge in [0, 0.05) is 18.6 Å². The Bertz CT molecular complexity index is 219. The molecular weight excluding hydrogens is 220 g/mol. The lowest BCUT2D eigenvalue weighted by atomic mass is 9.74. The zero-order chi connectivity index (χ0) is 13.6. The molecule has 0 aromatic rings. The summed E-state index contributed by atoms with van der Waals surface area (Å²) in [5.74, 6) is 1.75. The SMILES string of the molecule is CCCC(C)CN(C)C1(CN)CCC(CC)CC1. The van der Waals surface area contributed by atoms with Crippen LogP contribution in [0.1, 0.15) is 65.7 Å². The first-order chi connectivity index (χ1) is 8.57. The molecule has 1 aliphatic carbocycles. The van der Waals surface area contributed by atoms with Crippen LogP contribution < -0.4 is 5.73 Å². The maximum Gasteiger partial charge on any atom is 0.0329 e. The Morgan fingerprint density at radius 2 is 1.89 bits per heavy atom. The number of likely N-dealkylation sites (N-methyl/N-ethyl adjacent to an activating group) is 1. The number of rotatable bonds is 7. The molecule has 2 N–H and O–H groups in total. The molecule has 108 valence electrons. The molecule has 0 aliphatic heterocycles. The molecule has 0 bridgehead atoms. The van der Waals surface area contributed by atoms with Crippen molar-refractivity contribution in [3.8, 4) is 0 Å². The average Bonchev–Trinajstić information content (AvgIpc) is 2.39. The second-order valence-corrected chi connectivity index (χ2v) is 6.55. The second-order valence-electron chi connectivity index (χ2n) is 6.55. The van der Waals surface area contributed by atoms with Crippen molar-refractivity contribution in [2.24, 2.45) is 17.6 Å². The van der Waals surface area contributed by atoms with Crippen LogP contribution in [0.5, 0.6) is 0 Å². The topological polar surface area (TPSA) is 29.3 Å². The molecule has 18 heavy (non-hydrogen) atoms. The van der Waals surface area contributed by atoms with Crippen LogP contribution in [0.4, 0.5) is 0 Å². The lowest BCUT2D eigenvalue weighted by Crippen LogP contribution is -2.55. The van der Waals surface area contributed by atoms with Crippen molar-refractivity contribution in [1.82, 2.24) is 4.90 Å². The predicted molar refractivity (Wildman–Crippen MR) is 80.7 cm³/mol. The minimum atomic E-state index is 0.299. The third-order valence-electron chi connectivity index (χ3n) is 5.17. The predicted octanol–water partition coefficient (Wildman–Crippen LogP) is 3.65. The Morgan fingerprint density at radius 1 is 1.28 bits per heavy atom. The first-order valence-electron chi connectivity index (χ1n) is 7.99. The Labute approximate surface area is 114 Å². The van der Waals surface area contributed by atoms with E-state index >= 15 is 0 Å². The van der Waals surface area contributed by atoms with E-state index in [-0.39, 0.29) is 0 Å². The van der Waals surface area contributed by atoms with E-state index in [1.165, 1.54) is 51.5 Å². The molecular formula is C16H34N2. The van der Waals surface area contributed by atoms with Crippen LogP contribution in [0.3, 0.4) is 0 Å². The Morgan fingerprint density at radius 3 is 2.33 bits per heavy atom. The van der Waals surface area contributed by atoms with E-state index in [2.05, 4.69) is 32.7 Å². The Kier molecular flexibility index (Phi) is 6.65. The van der Waals surface area contributed by atoms with E-state index in [4.69, 9.17) is 5.73 Å². The number of hydrogen-bond donors (Lipinski definition) is 1. The van der Waals surface area contributed by atoms with Gasteiger partial charge in [0.25, 0.3) is 0 Å². The molecule has 1 fully saturated rings. The average molecular weight is 254 g/mol. The maximum absolute atomic E-state index is 6.13. The largest absolute Gasteiger partial charge is 0.329 e. The fourth-order valence-corrected chi connectivity index (χ4v) is 3.61. The first kappa shape index (κ1) is 16.0. The third kappa shape index (κ3) is 3.96. The summed E-state index contributed by atoms with van der Waals surface area (Å²) in [6.45, 7) is 9.03. The molecule has 0 amide bonds. The highest BCUT2D eigenvalue weighted by Crippen LogP contribution is 2.37. The second kappa shape index (κ2) is 7.49. The van der Waals surface area contributed by atoms with Gasteiger partial charge in [-0.05, 0) is 51.0 Å². The number of nitrogens with two attached hydrogens (primary N) is 1. The molecule has 1 rings (SSSR count). The van der Waals surface area contributed by atoms with Gasteiger partial charge >= 0.3 is 0 Å². The van der Waals surface area contributed by atoms with Crippen molar-refractivity contribution in [1.29, 1.82) is 0 Å². The summed E-state index contributed by atoms with van der Waals surface area (Å²) in [7, 11) is 2.30. The molecule has 1 atom stereocenters. The molecule has 1 unspecified atom stereocenters. The molecule has 0 radical (unpaired) electrons. The highest BCUT2D eigenvalue weighted by atomic mass is 15.2. The Hall–Kier alpha value is -0.0800. The van der Waals surface area contributed by atoms with Gasteiger partial charge in [-0.3, -0.25) is 4.90 Å². The first-order valence-corrected chi connectivity index (χ1v) is 7.99. The summed E-state index contributed by atoms with van der Waals surface area (Å²) in [5.41, 5.74) is 6.43. The van der Waals surface area contributed by atoms with Gasteiger partial charge in [-0.15, -0.1) is 0 Å². The van der Waals surface area contributed by atoms with Crippen LogP contribution in [0.25, 0.3) is 0 Å². The van der Waals surface area contributed by atoms with Crippen molar-refractivity contribution >= 4 is 0 Å².